The number of nitrogens with one attached hydrogen (secondary N) is 1. The number of methoxy groups -OCH3 is 2. The number of carbonyl (C=O) groups is 2. The van der Waals surface area contributed by atoms with Gasteiger partial charge in [0.15, 0.2) is 11.5 Å². The van der Waals surface area contributed by atoms with Gasteiger partial charge in [-0.15, -0.1) is 0 Å². The van der Waals surface area contributed by atoms with E-state index in [1.165, 1.54) is 0 Å². The second kappa shape index (κ2) is 9.38. The predicted molar refractivity (Wildman–Crippen MR) is 117 cm³/mol. The third-order valence-corrected chi connectivity index (χ3v) is 6.06. The van der Waals surface area contributed by atoms with Gasteiger partial charge in [-0.2, -0.15) is 0 Å². The van der Waals surface area contributed by atoms with Gasteiger partial charge in [0.05, 0.1) is 20.1 Å². The third kappa shape index (κ3) is 4.30. The molecule has 1 N–H and O–H groups in total. The van der Waals surface area contributed by atoms with Crippen LogP contribution in [0.4, 0.5) is 0 Å². The Labute approximate surface area is 187 Å². The lowest BCUT2D eigenvalue weighted by Gasteiger charge is -2.21. The van der Waals surface area contributed by atoms with E-state index in [0.717, 1.165) is 11.1 Å². The number of benzene rings is 2. The fraction of sp³-hybridized carbons (Fsp3) is 0.417. The molecule has 0 aliphatic carbocycles. The number of carbonyl (C=O) groups excluding carboxylic acids is 2. The van der Waals surface area contributed by atoms with Crippen molar-refractivity contribution in [3.8, 4) is 23.0 Å². The van der Waals surface area contributed by atoms with Crippen molar-refractivity contribution in [1.29, 1.82) is 0 Å². The summed E-state index contributed by atoms with van der Waals surface area (Å²) in [6.45, 7) is 3.25. The van der Waals surface area contributed by atoms with Crippen LogP contribution < -0.4 is 24.3 Å². The van der Waals surface area contributed by atoms with Crippen LogP contribution in [0.3, 0.4) is 0 Å². The van der Waals surface area contributed by atoms with Crippen LogP contribution in [0.5, 0.6) is 23.0 Å². The molecule has 2 aromatic carbocycles. The SMILES string of the molecule is CCC(=O)N1CC(C(=O)NCc2ccc3c(c2)OCO3)C(c2ccc(OC)cc2OC)C1. The zero-order valence-corrected chi connectivity index (χ0v) is 18.6. The molecule has 0 bridgehead atoms. The monoisotopic (exact) mass is 440 g/mol. The van der Waals surface area contributed by atoms with Crippen molar-refractivity contribution in [3.63, 3.8) is 0 Å². The van der Waals surface area contributed by atoms with Crippen molar-refractivity contribution in [3.05, 3.63) is 47.5 Å². The summed E-state index contributed by atoms with van der Waals surface area (Å²) in [6, 6.07) is 11.2. The highest BCUT2D eigenvalue weighted by molar-refractivity contribution is 5.83. The number of nitrogens with zero attached hydrogens (tertiary/aromatic N) is 1. The predicted octanol–water partition coefficient (Wildman–Crippen LogP) is 2.70. The highest BCUT2D eigenvalue weighted by Crippen LogP contribution is 2.39. The van der Waals surface area contributed by atoms with Gasteiger partial charge in [0, 0.05) is 43.6 Å². The molecular formula is C24H28N2O6. The molecule has 2 aliphatic rings. The van der Waals surface area contributed by atoms with Gasteiger partial charge in [0.25, 0.3) is 0 Å². The zero-order valence-electron chi connectivity index (χ0n) is 18.6. The van der Waals surface area contributed by atoms with E-state index in [1.54, 1.807) is 25.2 Å². The quantitative estimate of drug-likeness (QED) is 0.713. The van der Waals surface area contributed by atoms with Crippen molar-refractivity contribution in [1.82, 2.24) is 10.2 Å². The van der Waals surface area contributed by atoms with Gasteiger partial charge >= 0.3 is 0 Å². The van der Waals surface area contributed by atoms with Crippen molar-refractivity contribution in [2.45, 2.75) is 25.8 Å². The lowest BCUT2D eigenvalue weighted by atomic mass is 9.87. The molecule has 0 saturated carbocycles. The second-order valence-electron chi connectivity index (χ2n) is 7.88. The van der Waals surface area contributed by atoms with Crippen LogP contribution >= 0.6 is 0 Å². The van der Waals surface area contributed by atoms with Crippen LogP contribution in [0.25, 0.3) is 0 Å². The van der Waals surface area contributed by atoms with Crippen LogP contribution in [0, 0.1) is 5.92 Å². The molecule has 2 heterocycles. The number of likely N-dealkylation sites (tertiary alicyclic amines) is 1. The van der Waals surface area contributed by atoms with E-state index in [2.05, 4.69) is 5.32 Å². The largest absolute Gasteiger partial charge is 0.497 e. The number of rotatable bonds is 7. The zero-order chi connectivity index (χ0) is 22.7. The van der Waals surface area contributed by atoms with Gasteiger partial charge < -0.3 is 29.2 Å². The lowest BCUT2D eigenvalue weighted by molar-refractivity contribution is -0.130. The average Bonchev–Trinajstić information content (AvgIpc) is 3.48. The molecule has 8 heteroatoms. The minimum absolute atomic E-state index is 0.0357. The van der Waals surface area contributed by atoms with Crippen LogP contribution in [0.1, 0.15) is 30.4 Å². The Morgan fingerprint density at radius 3 is 2.62 bits per heavy atom. The first-order valence-corrected chi connectivity index (χ1v) is 10.7. The summed E-state index contributed by atoms with van der Waals surface area (Å²) in [5.74, 6) is 2.08. The molecule has 170 valence electrons. The van der Waals surface area contributed by atoms with E-state index >= 15 is 0 Å². The van der Waals surface area contributed by atoms with E-state index in [1.807, 2.05) is 37.3 Å². The fourth-order valence-electron chi connectivity index (χ4n) is 4.31. The van der Waals surface area contributed by atoms with Crippen molar-refractivity contribution in [2.75, 3.05) is 34.1 Å². The van der Waals surface area contributed by atoms with Crippen LogP contribution in [-0.2, 0) is 16.1 Å². The first-order valence-electron chi connectivity index (χ1n) is 10.7. The molecule has 4 rings (SSSR count). The molecule has 0 spiro atoms. The maximum absolute atomic E-state index is 13.2. The van der Waals surface area contributed by atoms with Crippen molar-refractivity contribution in [2.24, 2.45) is 5.92 Å². The summed E-state index contributed by atoms with van der Waals surface area (Å²) < 4.78 is 21.6. The summed E-state index contributed by atoms with van der Waals surface area (Å²) >= 11 is 0. The smallest absolute Gasteiger partial charge is 0.231 e. The molecule has 2 atom stereocenters. The summed E-state index contributed by atoms with van der Waals surface area (Å²) in [7, 11) is 3.19. The number of ether oxygens (including phenoxy) is 4. The number of hydrogen-bond acceptors (Lipinski definition) is 6. The highest BCUT2D eigenvalue weighted by Gasteiger charge is 2.41. The molecule has 1 fully saturated rings. The van der Waals surface area contributed by atoms with Gasteiger partial charge in [-0.3, -0.25) is 9.59 Å². The Hall–Kier alpha value is -3.42. The second-order valence-corrected chi connectivity index (χ2v) is 7.88. The van der Waals surface area contributed by atoms with Gasteiger partial charge in [-0.05, 0) is 23.8 Å². The number of amides is 2. The number of fused-ring (bicyclic) bond motifs is 1. The van der Waals surface area contributed by atoms with Gasteiger partial charge in [0.1, 0.15) is 11.5 Å². The molecule has 2 aliphatic heterocycles. The maximum Gasteiger partial charge on any atom is 0.231 e. The Bertz CT molecular complexity index is 1010. The summed E-state index contributed by atoms with van der Waals surface area (Å²) in [4.78, 5) is 27.4. The topological polar surface area (TPSA) is 86.3 Å². The Balaban J connectivity index is 1.53. The minimum atomic E-state index is -0.387. The molecule has 2 unspecified atom stereocenters. The minimum Gasteiger partial charge on any atom is -0.497 e. The first kappa shape index (κ1) is 21.8. The molecule has 2 amide bonds. The van der Waals surface area contributed by atoms with E-state index in [0.29, 0.717) is 49.1 Å². The Morgan fingerprint density at radius 2 is 1.88 bits per heavy atom. The fourth-order valence-corrected chi connectivity index (χ4v) is 4.31. The van der Waals surface area contributed by atoms with Gasteiger partial charge in [-0.1, -0.05) is 19.1 Å². The Kier molecular flexibility index (Phi) is 6.39. The third-order valence-electron chi connectivity index (χ3n) is 6.06. The first-order chi connectivity index (χ1) is 15.5. The van der Waals surface area contributed by atoms with E-state index in [9.17, 15) is 9.59 Å². The molecule has 32 heavy (non-hydrogen) atoms. The highest BCUT2D eigenvalue weighted by atomic mass is 16.7. The average molecular weight is 440 g/mol. The molecular weight excluding hydrogens is 412 g/mol. The Morgan fingerprint density at radius 1 is 1.06 bits per heavy atom. The lowest BCUT2D eigenvalue weighted by Crippen LogP contribution is -2.35. The van der Waals surface area contributed by atoms with Gasteiger partial charge in [-0.25, -0.2) is 0 Å². The van der Waals surface area contributed by atoms with E-state index < -0.39 is 0 Å². The van der Waals surface area contributed by atoms with Crippen molar-refractivity contribution >= 4 is 11.8 Å². The summed E-state index contributed by atoms with van der Waals surface area (Å²) in [5.41, 5.74) is 1.81. The number of hydrogen-bond donors (Lipinski definition) is 1. The molecule has 1 saturated heterocycles. The van der Waals surface area contributed by atoms with Crippen LogP contribution in [-0.4, -0.2) is 50.8 Å². The molecule has 8 nitrogen and oxygen atoms in total. The molecule has 0 aromatic heterocycles. The van der Waals surface area contributed by atoms with Crippen molar-refractivity contribution < 1.29 is 28.5 Å². The van der Waals surface area contributed by atoms with Crippen LogP contribution in [0.15, 0.2) is 36.4 Å². The maximum atomic E-state index is 13.2. The molecule has 0 radical (unpaired) electrons. The van der Waals surface area contributed by atoms with Crippen LogP contribution in [0.2, 0.25) is 0 Å². The standard InChI is InChI=1S/C24H28N2O6/c1-4-23(27)26-12-18(17-7-6-16(29-2)10-21(17)30-3)19(13-26)24(28)25-11-15-5-8-20-22(9-15)32-14-31-20/h5-10,18-19H,4,11-14H2,1-3H3,(H,25,28). The molecule has 2 aromatic rings. The summed E-state index contributed by atoms with van der Waals surface area (Å²) in [6.07, 6.45) is 0.401. The summed E-state index contributed by atoms with van der Waals surface area (Å²) in [5, 5.41) is 3.03. The normalized spacial score (nSPS) is 19.0. The van der Waals surface area contributed by atoms with E-state index in [-0.39, 0.29) is 30.4 Å². The van der Waals surface area contributed by atoms with Gasteiger partial charge in [0.2, 0.25) is 18.6 Å². The van der Waals surface area contributed by atoms with E-state index in [4.69, 9.17) is 18.9 Å².